The fourth-order valence-electron chi connectivity index (χ4n) is 0.858. The molecular weight excluding hydrogens is 193 g/mol. The lowest BCUT2D eigenvalue weighted by Gasteiger charge is -2.09. The average Bonchev–Trinajstić information content (AvgIpc) is 2.16. The number of anilines is 1. The Balaban J connectivity index is 2.41. The van der Waals surface area contributed by atoms with Crippen molar-refractivity contribution in [3.05, 3.63) is 30.1 Å². The monoisotopic (exact) mass is 203 g/mol. The molecule has 0 fully saturated rings. The van der Waals surface area contributed by atoms with Crippen LogP contribution in [-0.4, -0.2) is 23.6 Å². The smallest absolute Gasteiger partial charge is 0.123 e. The van der Waals surface area contributed by atoms with Crippen LogP contribution in [0.4, 0.5) is 10.1 Å². The SMILES string of the molecule is OC(CCl)CNc1ccc(F)cc1. The fraction of sp³-hybridized carbons (Fsp3) is 0.333. The van der Waals surface area contributed by atoms with Crippen LogP contribution in [0, 0.1) is 5.82 Å². The average molecular weight is 204 g/mol. The zero-order valence-electron chi connectivity index (χ0n) is 7.00. The Hall–Kier alpha value is -0.800. The molecule has 1 atom stereocenters. The van der Waals surface area contributed by atoms with E-state index in [0.29, 0.717) is 6.54 Å². The van der Waals surface area contributed by atoms with Crippen LogP contribution in [0.2, 0.25) is 0 Å². The second-order valence-electron chi connectivity index (χ2n) is 2.70. The van der Waals surface area contributed by atoms with Gasteiger partial charge in [0.25, 0.3) is 0 Å². The summed E-state index contributed by atoms with van der Waals surface area (Å²) in [5.74, 6) is -0.0859. The van der Waals surface area contributed by atoms with Crippen LogP contribution in [0.25, 0.3) is 0 Å². The van der Waals surface area contributed by atoms with E-state index in [0.717, 1.165) is 5.69 Å². The molecule has 0 aliphatic heterocycles. The molecule has 2 N–H and O–H groups in total. The number of alkyl halides is 1. The highest BCUT2D eigenvalue weighted by atomic mass is 35.5. The third kappa shape index (κ3) is 3.61. The summed E-state index contributed by atoms with van der Waals surface area (Å²) in [4.78, 5) is 0. The minimum atomic E-state index is -0.577. The summed E-state index contributed by atoms with van der Waals surface area (Å²) in [6, 6.07) is 5.93. The topological polar surface area (TPSA) is 32.3 Å². The van der Waals surface area contributed by atoms with E-state index in [1.54, 1.807) is 12.1 Å². The van der Waals surface area contributed by atoms with Gasteiger partial charge in [-0.1, -0.05) is 0 Å². The van der Waals surface area contributed by atoms with Gasteiger partial charge in [-0.05, 0) is 24.3 Å². The van der Waals surface area contributed by atoms with Crippen molar-refractivity contribution in [2.24, 2.45) is 0 Å². The maximum absolute atomic E-state index is 12.5. The predicted octanol–water partition coefficient (Wildman–Crippen LogP) is 1.84. The van der Waals surface area contributed by atoms with E-state index in [9.17, 15) is 4.39 Å². The van der Waals surface area contributed by atoms with Gasteiger partial charge in [-0.2, -0.15) is 0 Å². The summed E-state index contributed by atoms with van der Waals surface area (Å²) < 4.78 is 12.5. The lowest BCUT2D eigenvalue weighted by Crippen LogP contribution is -2.20. The molecule has 13 heavy (non-hydrogen) atoms. The number of nitrogens with one attached hydrogen (secondary N) is 1. The second kappa shape index (κ2) is 5.04. The van der Waals surface area contributed by atoms with E-state index in [1.807, 2.05) is 0 Å². The number of aliphatic hydroxyl groups is 1. The number of halogens is 2. The highest BCUT2D eigenvalue weighted by Gasteiger charge is 2.00. The van der Waals surface area contributed by atoms with Crippen molar-refractivity contribution in [2.75, 3.05) is 17.7 Å². The van der Waals surface area contributed by atoms with Gasteiger partial charge < -0.3 is 10.4 Å². The van der Waals surface area contributed by atoms with Gasteiger partial charge in [0.2, 0.25) is 0 Å². The van der Waals surface area contributed by atoms with Gasteiger partial charge in [0.1, 0.15) is 5.82 Å². The highest BCUT2D eigenvalue weighted by molar-refractivity contribution is 6.18. The minimum absolute atomic E-state index is 0.189. The van der Waals surface area contributed by atoms with Gasteiger partial charge in [0.15, 0.2) is 0 Å². The number of aliphatic hydroxyl groups excluding tert-OH is 1. The van der Waals surface area contributed by atoms with Gasteiger partial charge in [-0.15, -0.1) is 11.6 Å². The van der Waals surface area contributed by atoms with Crippen molar-refractivity contribution in [1.82, 2.24) is 0 Å². The summed E-state index contributed by atoms with van der Waals surface area (Å²) in [5, 5.41) is 12.0. The highest BCUT2D eigenvalue weighted by Crippen LogP contribution is 2.07. The van der Waals surface area contributed by atoms with Crippen LogP contribution in [0.5, 0.6) is 0 Å². The van der Waals surface area contributed by atoms with Crippen LogP contribution in [-0.2, 0) is 0 Å². The molecule has 0 spiro atoms. The van der Waals surface area contributed by atoms with E-state index in [1.165, 1.54) is 12.1 Å². The van der Waals surface area contributed by atoms with Crippen LogP contribution in [0.1, 0.15) is 0 Å². The first-order chi connectivity index (χ1) is 6.22. The zero-order chi connectivity index (χ0) is 9.68. The van der Waals surface area contributed by atoms with Crippen LogP contribution in [0.3, 0.4) is 0 Å². The Labute approximate surface area is 81.3 Å². The fourth-order valence-corrected chi connectivity index (χ4v) is 0.967. The molecule has 0 aromatic heterocycles. The molecule has 72 valence electrons. The van der Waals surface area contributed by atoms with Crippen molar-refractivity contribution < 1.29 is 9.50 Å². The first kappa shape index (κ1) is 10.3. The van der Waals surface area contributed by atoms with Crippen molar-refractivity contribution in [1.29, 1.82) is 0 Å². The van der Waals surface area contributed by atoms with E-state index < -0.39 is 6.10 Å². The van der Waals surface area contributed by atoms with Gasteiger partial charge in [-0.25, -0.2) is 4.39 Å². The van der Waals surface area contributed by atoms with Crippen LogP contribution >= 0.6 is 11.6 Å². The molecule has 0 saturated heterocycles. The molecule has 0 saturated carbocycles. The van der Waals surface area contributed by atoms with E-state index in [-0.39, 0.29) is 11.7 Å². The number of hydrogen-bond acceptors (Lipinski definition) is 2. The molecule has 4 heteroatoms. The standard InChI is InChI=1S/C9H11ClFNO/c10-5-9(13)6-12-8-3-1-7(11)2-4-8/h1-4,9,12-13H,5-6H2. The third-order valence-electron chi connectivity index (χ3n) is 1.56. The predicted molar refractivity (Wildman–Crippen MR) is 51.6 cm³/mol. The molecule has 0 bridgehead atoms. The Morgan fingerprint density at radius 3 is 2.54 bits per heavy atom. The van der Waals surface area contributed by atoms with Gasteiger partial charge >= 0.3 is 0 Å². The Morgan fingerprint density at radius 2 is 2.00 bits per heavy atom. The van der Waals surface area contributed by atoms with E-state index in [2.05, 4.69) is 5.32 Å². The van der Waals surface area contributed by atoms with Crippen molar-refractivity contribution in [2.45, 2.75) is 6.10 Å². The van der Waals surface area contributed by atoms with Crippen molar-refractivity contribution >= 4 is 17.3 Å². The molecule has 1 aromatic carbocycles. The van der Waals surface area contributed by atoms with Crippen molar-refractivity contribution in [3.8, 4) is 0 Å². The molecule has 0 aliphatic carbocycles. The van der Waals surface area contributed by atoms with Gasteiger partial charge in [0.05, 0.1) is 12.0 Å². The quantitative estimate of drug-likeness (QED) is 0.732. The normalized spacial score (nSPS) is 12.5. The third-order valence-corrected chi connectivity index (χ3v) is 1.92. The summed E-state index contributed by atoms with van der Waals surface area (Å²) in [7, 11) is 0. The summed E-state index contributed by atoms with van der Waals surface area (Å²) in [6.07, 6.45) is -0.577. The minimum Gasteiger partial charge on any atom is -0.390 e. The molecule has 1 aromatic rings. The molecular formula is C9H11ClFNO. The molecule has 0 radical (unpaired) electrons. The zero-order valence-corrected chi connectivity index (χ0v) is 7.76. The Kier molecular flexibility index (Phi) is 3.99. The molecule has 1 unspecified atom stereocenters. The summed E-state index contributed by atoms with van der Waals surface area (Å²) in [6.45, 7) is 0.370. The number of benzene rings is 1. The first-order valence-electron chi connectivity index (χ1n) is 3.96. The first-order valence-corrected chi connectivity index (χ1v) is 4.49. The van der Waals surface area contributed by atoms with Crippen LogP contribution in [0.15, 0.2) is 24.3 Å². The number of hydrogen-bond donors (Lipinski definition) is 2. The second-order valence-corrected chi connectivity index (χ2v) is 3.00. The molecule has 2 nitrogen and oxygen atoms in total. The summed E-state index contributed by atoms with van der Waals surface area (Å²) >= 11 is 5.39. The van der Waals surface area contributed by atoms with Gasteiger partial charge in [-0.3, -0.25) is 0 Å². The molecule has 1 rings (SSSR count). The van der Waals surface area contributed by atoms with Gasteiger partial charge in [0, 0.05) is 12.2 Å². The van der Waals surface area contributed by atoms with Crippen molar-refractivity contribution in [3.63, 3.8) is 0 Å². The molecule has 0 heterocycles. The Morgan fingerprint density at radius 1 is 1.38 bits per heavy atom. The lowest BCUT2D eigenvalue weighted by molar-refractivity contribution is 0.211. The lowest BCUT2D eigenvalue weighted by atomic mass is 10.3. The molecule has 0 amide bonds. The van der Waals surface area contributed by atoms with E-state index >= 15 is 0 Å². The van der Waals surface area contributed by atoms with E-state index in [4.69, 9.17) is 16.7 Å². The maximum Gasteiger partial charge on any atom is 0.123 e. The largest absolute Gasteiger partial charge is 0.390 e. The van der Waals surface area contributed by atoms with Crippen LogP contribution < -0.4 is 5.32 Å². The number of rotatable bonds is 4. The summed E-state index contributed by atoms with van der Waals surface area (Å²) in [5.41, 5.74) is 0.769. The Bertz CT molecular complexity index is 252. The molecule has 0 aliphatic rings. The maximum atomic E-state index is 12.5.